The highest BCUT2D eigenvalue weighted by atomic mass is 32.1. The van der Waals surface area contributed by atoms with Crippen LogP contribution in [0.2, 0.25) is 0 Å². The van der Waals surface area contributed by atoms with Gasteiger partial charge in [-0.1, -0.05) is 12.1 Å². The van der Waals surface area contributed by atoms with Gasteiger partial charge in [0.05, 0.1) is 13.0 Å². The summed E-state index contributed by atoms with van der Waals surface area (Å²) in [5, 5.41) is 8.54. The van der Waals surface area contributed by atoms with Gasteiger partial charge in [0.15, 0.2) is 0 Å². The maximum atomic E-state index is 10.4. The zero-order valence-electron chi connectivity index (χ0n) is 7.64. The van der Waals surface area contributed by atoms with Crippen LogP contribution in [0.3, 0.4) is 0 Å². The van der Waals surface area contributed by atoms with Crippen molar-refractivity contribution in [2.45, 2.75) is 6.42 Å². The van der Waals surface area contributed by atoms with E-state index in [9.17, 15) is 4.79 Å². The molecule has 76 valence electrons. The standard InChI is InChI=1S/C10H12O3S/c11-10(12)7-8-1-3-9(4-2-8)13-5-6-14/h1-4,14H,5-7H2,(H,11,12). The van der Waals surface area contributed by atoms with Crippen molar-refractivity contribution in [3.8, 4) is 5.75 Å². The SMILES string of the molecule is O=C(O)Cc1ccc(OCCS)cc1. The third kappa shape index (κ3) is 3.70. The summed E-state index contributed by atoms with van der Waals surface area (Å²) in [6.07, 6.45) is 0.0485. The molecular formula is C10H12O3S. The van der Waals surface area contributed by atoms with Crippen LogP contribution in [0.25, 0.3) is 0 Å². The molecule has 0 heterocycles. The van der Waals surface area contributed by atoms with E-state index in [1.165, 1.54) is 0 Å². The van der Waals surface area contributed by atoms with Crippen molar-refractivity contribution in [3.05, 3.63) is 29.8 Å². The number of carboxylic acid groups (broad SMARTS) is 1. The third-order valence-corrected chi connectivity index (χ3v) is 1.82. The number of hydrogen-bond donors (Lipinski definition) is 2. The van der Waals surface area contributed by atoms with Crippen molar-refractivity contribution < 1.29 is 14.6 Å². The molecule has 4 heteroatoms. The number of hydrogen-bond acceptors (Lipinski definition) is 3. The lowest BCUT2D eigenvalue weighted by molar-refractivity contribution is -0.136. The van der Waals surface area contributed by atoms with Gasteiger partial charge in [-0.25, -0.2) is 0 Å². The fraction of sp³-hybridized carbons (Fsp3) is 0.300. The van der Waals surface area contributed by atoms with E-state index in [0.29, 0.717) is 12.4 Å². The van der Waals surface area contributed by atoms with E-state index in [-0.39, 0.29) is 6.42 Å². The molecule has 0 aliphatic carbocycles. The second-order valence-corrected chi connectivity index (χ2v) is 3.23. The highest BCUT2D eigenvalue weighted by Crippen LogP contribution is 2.12. The van der Waals surface area contributed by atoms with Crippen molar-refractivity contribution in [1.29, 1.82) is 0 Å². The lowest BCUT2D eigenvalue weighted by Gasteiger charge is -2.04. The Labute approximate surface area is 88.1 Å². The first-order valence-corrected chi connectivity index (χ1v) is 4.90. The van der Waals surface area contributed by atoms with Crippen molar-refractivity contribution in [3.63, 3.8) is 0 Å². The highest BCUT2D eigenvalue weighted by molar-refractivity contribution is 7.80. The maximum Gasteiger partial charge on any atom is 0.307 e. The van der Waals surface area contributed by atoms with Crippen LogP contribution in [-0.2, 0) is 11.2 Å². The number of thiol groups is 1. The topological polar surface area (TPSA) is 46.5 Å². The average Bonchev–Trinajstić information content (AvgIpc) is 2.16. The van der Waals surface area contributed by atoms with Crippen LogP contribution in [0.15, 0.2) is 24.3 Å². The molecule has 0 bridgehead atoms. The summed E-state index contributed by atoms with van der Waals surface area (Å²) in [7, 11) is 0. The number of rotatable bonds is 5. The van der Waals surface area contributed by atoms with Crippen molar-refractivity contribution in [2.24, 2.45) is 0 Å². The Kier molecular flexibility index (Phi) is 4.32. The number of carboxylic acids is 1. The van der Waals surface area contributed by atoms with Gasteiger partial charge in [-0.3, -0.25) is 4.79 Å². The van der Waals surface area contributed by atoms with Crippen molar-refractivity contribution >= 4 is 18.6 Å². The van der Waals surface area contributed by atoms with Crippen LogP contribution in [0.1, 0.15) is 5.56 Å². The maximum absolute atomic E-state index is 10.4. The molecule has 0 saturated carbocycles. The van der Waals surface area contributed by atoms with Crippen LogP contribution >= 0.6 is 12.6 Å². The van der Waals surface area contributed by atoms with Crippen molar-refractivity contribution in [1.82, 2.24) is 0 Å². The van der Waals surface area contributed by atoms with E-state index >= 15 is 0 Å². The Hall–Kier alpha value is -1.16. The van der Waals surface area contributed by atoms with Crippen molar-refractivity contribution in [2.75, 3.05) is 12.4 Å². The van der Waals surface area contributed by atoms with Gasteiger partial charge in [0.1, 0.15) is 5.75 Å². The van der Waals surface area contributed by atoms with Gasteiger partial charge in [-0.15, -0.1) is 0 Å². The Morgan fingerprint density at radius 1 is 1.36 bits per heavy atom. The molecule has 0 spiro atoms. The summed E-state index contributed by atoms with van der Waals surface area (Å²) in [6, 6.07) is 7.04. The van der Waals surface area contributed by atoms with E-state index in [0.717, 1.165) is 11.3 Å². The molecule has 1 aromatic rings. The Balaban J connectivity index is 2.54. The molecule has 1 aromatic carbocycles. The summed E-state index contributed by atoms with van der Waals surface area (Å²) in [6.45, 7) is 0.557. The third-order valence-electron chi connectivity index (χ3n) is 1.64. The normalized spacial score (nSPS) is 9.79. The quantitative estimate of drug-likeness (QED) is 0.729. The second-order valence-electron chi connectivity index (χ2n) is 2.79. The minimum atomic E-state index is -0.825. The summed E-state index contributed by atoms with van der Waals surface area (Å²) in [5.74, 6) is 0.582. The number of aliphatic carboxylic acids is 1. The molecule has 14 heavy (non-hydrogen) atoms. The smallest absolute Gasteiger partial charge is 0.307 e. The second kappa shape index (κ2) is 5.54. The molecule has 1 rings (SSSR count). The van der Waals surface area contributed by atoms with Gasteiger partial charge in [0.25, 0.3) is 0 Å². The predicted molar refractivity (Wildman–Crippen MR) is 57.1 cm³/mol. The van der Waals surface area contributed by atoms with Gasteiger partial charge in [0, 0.05) is 5.75 Å². The van der Waals surface area contributed by atoms with Crippen LogP contribution in [0.4, 0.5) is 0 Å². The van der Waals surface area contributed by atoms with Crippen LogP contribution in [0.5, 0.6) is 5.75 Å². The molecular weight excluding hydrogens is 200 g/mol. The lowest BCUT2D eigenvalue weighted by Crippen LogP contribution is -2.01. The van der Waals surface area contributed by atoms with Gasteiger partial charge >= 0.3 is 5.97 Å². The predicted octanol–water partition coefficient (Wildman–Crippen LogP) is 1.62. The molecule has 0 aliphatic heterocycles. The van der Waals surface area contributed by atoms with Gasteiger partial charge in [-0.2, -0.15) is 12.6 Å². The summed E-state index contributed by atoms with van der Waals surface area (Å²) < 4.78 is 5.29. The van der Waals surface area contributed by atoms with Gasteiger partial charge in [0.2, 0.25) is 0 Å². The summed E-state index contributed by atoms with van der Waals surface area (Å²) in [4.78, 5) is 10.4. The largest absolute Gasteiger partial charge is 0.493 e. The number of benzene rings is 1. The molecule has 0 unspecified atom stereocenters. The van der Waals surface area contributed by atoms with Crippen LogP contribution < -0.4 is 4.74 Å². The minimum Gasteiger partial charge on any atom is -0.493 e. The first-order valence-electron chi connectivity index (χ1n) is 4.27. The van der Waals surface area contributed by atoms with Gasteiger partial charge < -0.3 is 9.84 Å². The number of ether oxygens (including phenoxy) is 1. The van der Waals surface area contributed by atoms with E-state index in [2.05, 4.69) is 12.6 Å². The monoisotopic (exact) mass is 212 g/mol. The molecule has 3 nitrogen and oxygen atoms in total. The molecule has 0 fully saturated rings. The molecule has 0 aliphatic rings. The fourth-order valence-electron chi connectivity index (χ4n) is 1.04. The zero-order chi connectivity index (χ0) is 10.4. The molecule has 0 amide bonds. The minimum absolute atomic E-state index is 0.0485. The Morgan fingerprint density at radius 2 is 2.00 bits per heavy atom. The molecule has 0 saturated heterocycles. The van der Waals surface area contributed by atoms with E-state index < -0.39 is 5.97 Å². The number of carbonyl (C=O) groups is 1. The summed E-state index contributed by atoms with van der Waals surface area (Å²) >= 11 is 4.01. The summed E-state index contributed by atoms with van der Waals surface area (Å²) in [5.41, 5.74) is 0.774. The Morgan fingerprint density at radius 3 is 2.50 bits per heavy atom. The van der Waals surface area contributed by atoms with Crippen LogP contribution in [0, 0.1) is 0 Å². The van der Waals surface area contributed by atoms with Gasteiger partial charge in [-0.05, 0) is 17.7 Å². The van der Waals surface area contributed by atoms with E-state index in [1.807, 2.05) is 0 Å². The first kappa shape index (κ1) is 10.9. The Bertz CT molecular complexity index is 295. The first-order chi connectivity index (χ1) is 6.72. The van der Waals surface area contributed by atoms with Crippen LogP contribution in [-0.4, -0.2) is 23.4 Å². The molecule has 1 N–H and O–H groups in total. The molecule has 0 radical (unpaired) electrons. The highest BCUT2D eigenvalue weighted by Gasteiger charge is 2.00. The molecule has 0 atom stereocenters. The van der Waals surface area contributed by atoms with E-state index in [4.69, 9.17) is 9.84 Å². The zero-order valence-corrected chi connectivity index (χ0v) is 8.54. The molecule has 0 aromatic heterocycles. The fourth-order valence-corrected chi connectivity index (χ4v) is 1.13. The average molecular weight is 212 g/mol. The lowest BCUT2D eigenvalue weighted by atomic mass is 10.1. The van der Waals surface area contributed by atoms with E-state index in [1.54, 1.807) is 24.3 Å².